The van der Waals surface area contributed by atoms with Gasteiger partial charge < -0.3 is 15.2 Å². The summed E-state index contributed by atoms with van der Waals surface area (Å²) >= 11 is 0. The van der Waals surface area contributed by atoms with Gasteiger partial charge in [-0.05, 0) is 49.4 Å². The van der Waals surface area contributed by atoms with Gasteiger partial charge in [0, 0.05) is 51.0 Å². The van der Waals surface area contributed by atoms with Crippen LogP contribution in [0.15, 0.2) is 24.3 Å². The van der Waals surface area contributed by atoms with E-state index in [0.29, 0.717) is 32.4 Å². The molecule has 2 saturated heterocycles. The van der Waals surface area contributed by atoms with Gasteiger partial charge in [0.2, 0.25) is 20.0 Å². The van der Waals surface area contributed by atoms with Gasteiger partial charge in [0.05, 0.1) is 11.5 Å². The number of hydrogen-bond donors (Lipinski definition) is 0. The fraction of sp³-hybridized carbons (Fsp3) is 0.667. The Balaban J connectivity index is 1.62. The first-order chi connectivity index (χ1) is 16.1. The molecule has 1 aromatic rings. The predicted octanol–water partition coefficient (Wildman–Crippen LogP) is 1.05. The number of anilines is 1. The van der Waals surface area contributed by atoms with Crippen molar-refractivity contribution in [2.45, 2.75) is 32.2 Å². The monoisotopic (exact) mass is 519 g/mol. The molecule has 2 fully saturated rings. The first-order valence-electron chi connectivity index (χ1n) is 11.4. The molecule has 10 nitrogen and oxygen atoms in total. The lowest BCUT2D eigenvalue weighted by molar-refractivity contribution is -0.118. The molecule has 2 aliphatic heterocycles. The summed E-state index contributed by atoms with van der Waals surface area (Å²) < 4.78 is 66.7. The molecule has 0 bridgehead atoms. The van der Waals surface area contributed by atoms with Crippen molar-refractivity contribution < 1.29 is 26.0 Å². The molecule has 1 unspecified atom stereocenters. The molecule has 2 aliphatic rings. The second-order valence-electron chi connectivity index (χ2n) is 8.73. The SMILES string of the molecule is CCCS(=O)(=O)N1CCC(C(CS(=O)(=O)N2CCN(c3ccc(F)cc3)CC2)N([O-])C=O)CC1. The number of hydroxylamine groups is 2. The molecule has 0 spiro atoms. The number of halogens is 1. The lowest BCUT2D eigenvalue weighted by Gasteiger charge is -2.43. The molecule has 0 N–H and O–H groups in total. The number of hydrogen-bond acceptors (Lipinski definition) is 7. The van der Waals surface area contributed by atoms with Crippen molar-refractivity contribution in [2.75, 3.05) is 55.7 Å². The number of nitrogens with zero attached hydrogens (tertiary/aromatic N) is 4. The lowest BCUT2D eigenvalue weighted by Crippen LogP contribution is -2.53. The van der Waals surface area contributed by atoms with Crippen molar-refractivity contribution in [3.05, 3.63) is 35.3 Å². The quantitative estimate of drug-likeness (QED) is 0.335. The first-order valence-corrected chi connectivity index (χ1v) is 14.7. The third kappa shape index (κ3) is 6.45. The van der Waals surface area contributed by atoms with Gasteiger partial charge in [0.25, 0.3) is 0 Å². The van der Waals surface area contributed by atoms with Gasteiger partial charge in [0.15, 0.2) is 6.41 Å². The van der Waals surface area contributed by atoms with Crippen molar-refractivity contribution in [3.8, 4) is 0 Å². The van der Waals surface area contributed by atoms with E-state index in [-0.39, 0.29) is 49.2 Å². The summed E-state index contributed by atoms with van der Waals surface area (Å²) in [6, 6.07) is 4.91. The minimum atomic E-state index is -3.84. The first kappa shape index (κ1) is 26.8. The molecule has 34 heavy (non-hydrogen) atoms. The number of rotatable bonds is 10. The largest absolute Gasteiger partial charge is 0.756 e. The molecular formula is C21H32FN4O6S2-. The molecule has 0 radical (unpaired) electrons. The highest BCUT2D eigenvalue weighted by atomic mass is 32.2. The molecule has 0 aromatic heterocycles. The summed E-state index contributed by atoms with van der Waals surface area (Å²) in [5, 5.41) is 12.5. The fourth-order valence-corrected chi connectivity index (χ4v) is 7.94. The summed E-state index contributed by atoms with van der Waals surface area (Å²) in [6.45, 7) is 3.43. The fourth-order valence-electron chi connectivity index (χ4n) is 4.62. The maximum atomic E-state index is 13.2. The molecule has 192 valence electrons. The number of sulfonamides is 2. The van der Waals surface area contributed by atoms with E-state index in [1.165, 1.54) is 20.7 Å². The van der Waals surface area contributed by atoms with E-state index in [9.17, 15) is 31.2 Å². The lowest BCUT2D eigenvalue weighted by atomic mass is 9.91. The zero-order valence-corrected chi connectivity index (χ0v) is 20.9. The Labute approximate surface area is 201 Å². The van der Waals surface area contributed by atoms with Crippen LogP contribution in [0.5, 0.6) is 0 Å². The van der Waals surface area contributed by atoms with Crippen LogP contribution in [-0.4, -0.2) is 93.7 Å². The molecule has 0 aliphatic carbocycles. The molecular weight excluding hydrogens is 487 g/mol. The van der Waals surface area contributed by atoms with Crippen molar-refractivity contribution in [3.63, 3.8) is 0 Å². The van der Waals surface area contributed by atoms with Crippen LogP contribution in [0.2, 0.25) is 0 Å². The number of amides is 1. The number of piperidine rings is 1. The van der Waals surface area contributed by atoms with Crippen LogP contribution < -0.4 is 4.90 Å². The third-order valence-electron chi connectivity index (χ3n) is 6.53. The Morgan fingerprint density at radius 3 is 2.09 bits per heavy atom. The number of carbonyl (C=O) groups is 1. The molecule has 13 heteroatoms. The summed E-state index contributed by atoms with van der Waals surface area (Å²) in [6.07, 6.45) is 1.21. The zero-order valence-electron chi connectivity index (χ0n) is 19.3. The average molecular weight is 520 g/mol. The maximum Gasteiger partial charge on any atom is 0.216 e. The van der Waals surface area contributed by atoms with Crippen LogP contribution in [0.1, 0.15) is 26.2 Å². The summed E-state index contributed by atoms with van der Waals surface area (Å²) in [4.78, 5) is 13.2. The Morgan fingerprint density at radius 2 is 1.56 bits per heavy atom. The molecule has 1 atom stereocenters. The van der Waals surface area contributed by atoms with E-state index >= 15 is 0 Å². The second-order valence-corrected chi connectivity index (χ2v) is 12.8. The van der Waals surface area contributed by atoms with E-state index < -0.39 is 37.8 Å². The number of piperazine rings is 1. The van der Waals surface area contributed by atoms with E-state index in [1.54, 1.807) is 19.1 Å². The number of benzene rings is 1. The van der Waals surface area contributed by atoms with Gasteiger partial charge in [-0.2, -0.15) is 4.31 Å². The van der Waals surface area contributed by atoms with Gasteiger partial charge in [0.1, 0.15) is 5.82 Å². The van der Waals surface area contributed by atoms with Gasteiger partial charge in [-0.3, -0.25) is 4.79 Å². The summed E-state index contributed by atoms with van der Waals surface area (Å²) in [5.74, 6) is -1.22. The summed E-state index contributed by atoms with van der Waals surface area (Å²) in [7, 11) is -7.21. The van der Waals surface area contributed by atoms with E-state index in [4.69, 9.17) is 0 Å². The smallest absolute Gasteiger partial charge is 0.216 e. The van der Waals surface area contributed by atoms with Crippen molar-refractivity contribution >= 4 is 32.1 Å². The minimum Gasteiger partial charge on any atom is -0.756 e. The van der Waals surface area contributed by atoms with Crippen LogP contribution in [-0.2, 0) is 24.8 Å². The van der Waals surface area contributed by atoms with Gasteiger partial charge in [-0.15, -0.1) is 0 Å². The van der Waals surface area contributed by atoms with Gasteiger partial charge in [-0.1, -0.05) is 6.92 Å². The van der Waals surface area contributed by atoms with Gasteiger partial charge in [-0.25, -0.2) is 25.5 Å². The van der Waals surface area contributed by atoms with Gasteiger partial charge >= 0.3 is 0 Å². The Morgan fingerprint density at radius 1 is 1.00 bits per heavy atom. The van der Waals surface area contributed by atoms with E-state index in [1.807, 2.05) is 4.90 Å². The summed E-state index contributed by atoms with van der Waals surface area (Å²) in [5.41, 5.74) is 0.799. The average Bonchev–Trinajstić information content (AvgIpc) is 2.83. The molecule has 3 rings (SSSR count). The van der Waals surface area contributed by atoms with E-state index in [0.717, 1.165) is 5.69 Å². The molecule has 2 heterocycles. The Hall–Kier alpha value is -1.80. The highest BCUT2D eigenvalue weighted by Crippen LogP contribution is 2.27. The topological polar surface area (TPSA) is 121 Å². The van der Waals surface area contributed by atoms with Crippen LogP contribution in [0.25, 0.3) is 0 Å². The van der Waals surface area contributed by atoms with Crippen LogP contribution in [0.4, 0.5) is 10.1 Å². The number of carbonyl (C=O) groups excluding carboxylic acids is 1. The standard InChI is InChI=1S/C21H32FN4O6S2/c1-2-15-33(29,30)24-9-7-18(8-10-24)21(26(28)17-27)16-34(31,32)25-13-11-23(12-14-25)20-5-3-19(22)4-6-20/h3-6,17-18,21H,2,7-16H2,1H3/q-1. The van der Waals surface area contributed by atoms with Crippen molar-refractivity contribution in [1.29, 1.82) is 0 Å². The van der Waals surface area contributed by atoms with Crippen LogP contribution >= 0.6 is 0 Å². The van der Waals surface area contributed by atoms with E-state index in [2.05, 4.69) is 0 Å². The van der Waals surface area contributed by atoms with Crippen molar-refractivity contribution in [1.82, 2.24) is 13.7 Å². The third-order valence-corrected chi connectivity index (χ3v) is 10.5. The highest BCUT2D eigenvalue weighted by molar-refractivity contribution is 7.89. The predicted molar refractivity (Wildman–Crippen MR) is 127 cm³/mol. The van der Waals surface area contributed by atoms with Crippen molar-refractivity contribution in [2.24, 2.45) is 5.92 Å². The Bertz CT molecular complexity index is 1020. The highest BCUT2D eigenvalue weighted by Gasteiger charge is 2.36. The normalized spacial score (nSPS) is 20.3. The molecule has 1 amide bonds. The molecule has 1 aromatic carbocycles. The Kier molecular flexibility index (Phi) is 8.90. The second kappa shape index (κ2) is 11.3. The minimum absolute atomic E-state index is 0.0430. The maximum absolute atomic E-state index is 13.2. The van der Waals surface area contributed by atoms with Crippen LogP contribution in [0, 0.1) is 16.9 Å². The zero-order chi connectivity index (χ0) is 24.9. The van der Waals surface area contributed by atoms with Crippen LogP contribution in [0.3, 0.4) is 0 Å². The molecule has 0 saturated carbocycles.